The highest BCUT2D eigenvalue weighted by Gasteiger charge is 2.03. The second-order valence-corrected chi connectivity index (χ2v) is 5.30. The molecular formula is C13H13ClN2S. The van der Waals surface area contributed by atoms with Crippen LogP contribution in [0.15, 0.2) is 52.5 Å². The molecule has 0 aliphatic heterocycles. The van der Waals surface area contributed by atoms with Crippen LogP contribution < -0.4 is 5.73 Å². The molecule has 2 rings (SSSR count). The van der Waals surface area contributed by atoms with Gasteiger partial charge in [0.1, 0.15) is 5.03 Å². The average Bonchev–Trinajstić information content (AvgIpc) is 2.32. The second kappa shape index (κ2) is 5.54. The van der Waals surface area contributed by atoms with Crippen molar-refractivity contribution in [1.29, 1.82) is 0 Å². The van der Waals surface area contributed by atoms with Crippen molar-refractivity contribution in [2.75, 3.05) is 0 Å². The Morgan fingerprint density at radius 3 is 2.59 bits per heavy atom. The summed E-state index contributed by atoms with van der Waals surface area (Å²) >= 11 is 7.44. The smallest absolute Gasteiger partial charge is 0.101 e. The van der Waals surface area contributed by atoms with Crippen molar-refractivity contribution >= 4 is 23.4 Å². The third-order valence-corrected chi connectivity index (χ3v) is 3.51. The molecule has 0 bridgehead atoms. The highest BCUT2D eigenvalue weighted by molar-refractivity contribution is 7.99. The van der Waals surface area contributed by atoms with Gasteiger partial charge >= 0.3 is 0 Å². The monoisotopic (exact) mass is 264 g/mol. The number of pyridine rings is 1. The fraction of sp³-hybridized carbons (Fsp3) is 0.154. The molecule has 4 heteroatoms. The van der Waals surface area contributed by atoms with Gasteiger partial charge in [-0.25, -0.2) is 4.98 Å². The van der Waals surface area contributed by atoms with Crippen LogP contribution in [-0.4, -0.2) is 4.98 Å². The number of nitrogens with two attached hydrogens (primary N) is 1. The van der Waals surface area contributed by atoms with Crippen molar-refractivity contribution in [2.24, 2.45) is 5.73 Å². The maximum absolute atomic E-state index is 5.84. The molecule has 1 aromatic carbocycles. The first-order chi connectivity index (χ1) is 8.15. The lowest BCUT2D eigenvalue weighted by Crippen LogP contribution is -2.04. The zero-order valence-corrected chi connectivity index (χ0v) is 11.0. The summed E-state index contributed by atoms with van der Waals surface area (Å²) in [6.45, 7) is 1.96. The van der Waals surface area contributed by atoms with Crippen LogP contribution in [0.3, 0.4) is 0 Å². The molecule has 0 aliphatic carbocycles. The topological polar surface area (TPSA) is 38.9 Å². The minimum atomic E-state index is 0.0302. The van der Waals surface area contributed by atoms with Crippen LogP contribution >= 0.6 is 23.4 Å². The number of hydrogen-bond acceptors (Lipinski definition) is 3. The Morgan fingerprint density at radius 1 is 1.24 bits per heavy atom. The quantitative estimate of drug-likeness (QED) is 0.914. The maximum atomic E-state index is 5.84. The summed E-state index contributed by atoms with van der Waals surface area (Å²) < 4.78 is 0. The van der Waals surface area contributed by atoms with Gasteiger partial charge in [0.25, 0.3) is 0 Å². The number of hydrogen-bond donors (Lipinski definition) is 1. The van der Waals surface area contributed by atoms with Crippen LogP contribution in [0.2, 0.25) is 5.02 Å². The highest BCUT2D eigenvalue weighted by atomic mass is 35.5. The summed E-state index contributed by atoms with van der Waals surface area (Å²) in [7, 11) is 0. The van der Waals surface area contributed by atoms with Crippen molar-refractivity contribution in [3.63, 3.8) is 0 Å². The molecule has 0 saturated carbocycles. The molecule has 2 nitrogen and oxygen atoms in total. The molecular weight excluding hydrogens is 252 g/mol. The van der Waals surface area contributed by atoms with E-state index in [4.69, 9.17) is 17.3 Å². The van der Waals surface area contributed by atoms with Crippen molar-refractivity contribution in [3.8, 4) is 0 Å². The Kier molecular flexibility index (Phi) is 4.05. The van der Waals surface area contributed by atoms with Gasteiger partial charge in [-0.15, -0.1) is 0 Å². The molecule has 0 aliphatic rings. The molecule has 2 N–H and O–H groups in total. The lowest BCUT2D eigenvalue weighted by atomic mass is 10.1. The molecule has 1 heterocycles. The van der Waals surface area contributed by atoms with Gasteiger partial charge in [-0.2, -0.15) is 0 Å². The third kappa shape index (κ3) is 3.46. The van der Waals surface area contributed by atoms with Gasteiger partial charge < -0.3 is 5.73 Å². The lowest BCUT2D eigenvalue weighted by Gasteiger charge is -2.07. The van der Waals surface area contributed by atoms with E-state index in [2.05, 4.69) is 4.98 Å². The van der Waals surface area contributed by atoms with Crippen molar-refractivity contribution in [3.05, 3.63) is 53.2 Å². The molecule has 0 fully saturated rings. The van der Waals surface area contributed by atoms with Crippen LogP contribution in [0.25, 0.3) is 0 Å². The van der Waals surface area contributed by atoms with Gasteiger partial charge in [-0.05, 0) is 48.9 Å². The molecule has 1 unspecified atom stereocenters. The summed E-state index contributed by atoms with van der Waals surface area (Å²) in [5.41, 5.74) is 6.94. The molecule has 2 aromatic rings. The summed E-state index contributed by atoms with van der Waals surface area (Å²) in [6, 6.07) is 11.7. The molecule has 1 aromatic heterocycles. The molecule has 0 amide bonds. The Labute approximate surface area is 110 Å². The van der Waals surface area contributed by atoms with E-state index >= 15 is 0 Å². The predicted molar refractivity (Wildman–Crippen MR) is 72.4 cm³/mol. The van der Waals surface area contributed by atoms with E-state index in [0.29, 0.717) is 0 Å². The molecule has 0 saturated heterocycles. The van der Waals surface area contributed by atoms with Crippen LogP contribution in [0.5, 0.6) is 0 Å². The fourth-order valence-corrected chi connectivity index (χ4v) is 2.34. The zero-order chi connectivity index (χ0) is 12.3. The van der Waals surface area contributed by atoms with Gasteiger partial charge in [0, 0.05) is 22.2 Å². The first-order valence-electron chi connectivity index (χ1n) is 5.30. The number of rotatable bonds is 3. The Bertz CT molecular complexity index is 497. The van der Waals surface area contributed by atoms with E-state index in [1.807, 2.05) is 43.3 Å². The first-order valence-corrected chi connectivity index (χ1v) is 6.49. The van der Waals surface area contributed by atoms with Gasteiger partial charge in [0.2, 0.25) is 0 Å². The average molecular weight is 265 g/mol. The second-order valence-electron chi connectivity index (χ2n) is 3.77. The predicted octanol–water partition coefficient (Wildman–Crippen LogP) is 3.91. The van der Waals surface area contributed by atoms with Crippen molar-refractivity contribution < 1.29 is 0 Å². The van der Waals surface area contributed by atoms with Crippen LogP contribution in [0.4, 0.5) is 0 Å². The minimum Gasteiger partial charge on any atom is -0.324 e. The number of benzene rings is 1. The normalized spacial score (nSPS) is 12.4. The SMILES string of the molecule is CC(N)c1ccnc(Sc2ccc(Cl)cc2)c1. The lowest BCUT2D eigenvalue weighted by molar-refractivity contribution is 0.808. The number of nitrogens with zero attached hydrogens (tertiary/aromatic N) is 1. The Hall–Kier alpha value is -1.03. The molecule has 0 radical (unpaired) electrons. The molecule has 0 spiro atoms. The number of aromatic nitrogens is 1. The molecule has 88 valence electrons. The summed E-state index contributed by atoms with van der Waals surface area (Å²) in [4.78, 5) is 5.43. The number of halogens is 1. The summed E-state index contributed by atoms with van der Waals surface area (Å²) in [6.07, 6.45) is 1.79. The van der Waals surface area contributed by atoms with Gasteiger partial charge in [-0.3, -0.25) is 0 Å². The zero-order valence-electron chi connectivity index (χ0n) is 9.43. The maximum Gasteiger partial charge on any atom is 0.101 e. The summed E-state index contributed by atoms with van der Waals surface area (Å²) in [5.74, 6) is 0. The van der Waals surface area contributed by atoms with E-state index in [9.17, 15) is 0 Å². The van der Waals surface area contributed by atoms with Gasteiger partial charge in [-0.1, -0.05) is 23.4 Å². The van der Waals surface area contributed by atoms with E-state index in [1.54, 1.807) is 18.0 Å². The fourth-order valence-electron chi connectivity index (χ4n) is 1.39. The van der Waals surface area contributed by atoms with Gasteiger partial charge in [0.15, 0.2) is 0 Å². The van der Waals surface area contributed by atoms with Crippen LogP contribution in [-0.2, 0) is 0 Å². The van der Waals surface area contributed by atoms with E-state index in [1.165, 1.54) is 0 Å². The van der Waals surface area contributed by atoms with Crippen molar-refractivity contribution in [2.45, 2.75) is 22.9 Å². The Morgan fingerprint density at radius 2 is 1.94 bits per heavy atom. The largest absolute Gasteiger partial charge is 0.324 e. The molecule has 17 heavy (non-hydrogen) atoms. The van der Waals surface area contributed by atoms with Gasteiger partial charge in [0.05, 0.1) is 0 Å². The van der Waals surface area contributed by atoms with Crippen molar-refractivity contribution in [1.82, 2.24) is 4.98 Å². The third-order valence-electron chi connectivity index (χ3n) is 2.32. The standard InChI is InChI=1S/C13H13ClN2S/c1-9(15)10-6-7-16-13(8-10)17-12-4-2-11(14)3-5-12/h2-9H,15H2,1H3. The van der Waals surface area contributed by atoms with E-state index in [-0.39, 0.29) is 6.04 Å². The highest BCUT2D eigenvalue weighted by Crippen LogP contribution is 2.28. The van der Waals surface area contributed by atoms with E-state index in [0.717, 1.165) is 20.5 Å². The van der Waals surface area contributed by atoms with E-state index < -0.39 is 0 Å². The van der Waals surface area contributed by atoms with Crippen LogP contribution in [0, 0.1) is 0 Å². The van der Waals surface area contributed by atoms with Crippen LogP contribution in [0.1, 0.15) is 18.5 Å². The minimum absolute atomic E-state index is 0.0302. The first kappa shape index (κ1) is 12.4. The Balaban J connectivity index is 2.18. The molecule has 1 atom stereocenters. The summed E-state index contributed by atoms with van der Waals surface area (Å²) in [5, 5.41) is 1.69.